The van der Waals surface area contributed by atoms with E-state index in [1.54, 1.807) is 0 Å². The summed E-state index contributed by atoms with van der Waals surface area (Å²) in [7, 11) is 0. The molecule has 10 heavy (non-hydrogen) atoms. The van der Waals surface area contributed by atoms with Gasteiger partial charge in [0, 0.05) is 2.74 Å². The molecule has 1 aromatic carbocycles. The monoisotopic (exact) mass is 136 g/mol. The maximum Gasteiger partial charge on any atom is 0.122 e. The molecular weight excluding hydrogens is 124 g/mol. The van der Waals surface area contributed by atoms with Gasteiger partial charge in [0.15, 0.2) is 0 Å². The summed E-state index contributed by atoms with van der Waals surface area (Å²) in [6, 6.07) is 7.47. The van der Waals surface area contributed by atoms with Crippen molar-refractivity contribution in [2.24, 2.45) is 0 Å². The molecule has 0 saturated heterocycles. The summed E-state index contributed by atoms with van der Waals surface area (Å²) in [5, 5.41) is 0. The second kappa shape index (κ2) is 2.33. The lowest BCUT2D eigenvalue weighted by Gasteiger charge is -2.15. The van der Waals surface area contributed by atoms with E-state index in [0.29, 0.717) is 6.61 Å². The minimum atomic E-state index is -0.449. The van der Waals surface area contributed by atoms with E-state index >= 15 is 0 Å². The quantitative estimate of drug-likeness (QED) is 0.530. The molecule has 0 bridgehead atoms. The Morgan fingerprint density at radius 3 is 3.30 bits per heavy atom. The van der Waals surface area contributed by atoms with Crippen LogP contribution in [0.2, 0.25) is 0 Å². The Hall–Kier alpha value is -0.980. The van der Waals surface area contributed by atoms with E-state index in [9.17, 15) is 0 Å². The van der Waals surface area contributed by atoms with Crippen LogP contribution in [-0.4, -0.2) is 6.61 Å². The second-order valence-corrected chi connectivity index (χ2v) is 2.25. The summed E-state index contributed by atoms with van der Waals surface area (Å²) in [6.45, 7) is 0.338. The lowest BCUT2D eigenvalue weighted by molar-refractivity contribution is 0.288. The van der Waals surface area contributed by atoms with Crippen LogP contribution >= 0.6 is 0 Å². The normalized spacial score (nSPS) is 33.2. The number of benzene rings is 1. The minimum Gasteiger partial charge on any atom is -0.493 e. The summed E-state index contributed by atoms with van der Waals surface area (Å²) in [4.78, 5) is 0. The van der Waals surface area contributed by atoms with Gasteiger partial charge in [-0.25, -0.2) is 0 Å². The first-order chi connectivity index (χ1) is 5.79. The van der Waals surface area contributed by atoms with Gasteiger partial charge in [0.2, 0.25) is 0 Å². The Morgan fingerprint density at radius 2 is 2.30 bits per heavy atom. The zero-order chi connectivity index (χ0) is 8.55. The first-order valence-electron chi connectivity index (χ1n) is 4.51. The molecule has 0 aromatic heterocycles. The van der Waals surface area contributed by atoms with E-state index in [-0.39, 0.29) is 0 Å². The topological polar surface area (TPSA) is 9.23 Å². The molecule has 2 rings (SSSR count). The number of para-hydroxylation sites is 1. The van der Waals surface area contributed by atoms with Gasteiger partial charge in [-0.15, -0.1) is 0 Å². The zero-order valence-corrected chi connectivity index (χ0v) is 5.58. The lowest BCUT2D eigenvalue weighted by atomic mass is 10.1. The molecule has 0 saturated carbocycles. The van der Waals surface area contributed by atoms with Gasteiger partial charge in [0.25, 0.3) is 0 Å². The molecule has 1 heteroatoms. The average molecular weight is 136 g/mol. The van der Waals surface area contributed by atoms with Crippen LogP contribution in [-0.2, 0) is 6.40 Å². The van der Waals surface area contributed by atoms with Gasteiger partial charge in [-0.1, -0.05) is 18.2 Å². The highest BCUT2D eigenvalue weighted by Crippen LogP contribution is 2.22. The van der Waals surface area contributed by atoms with Gasteiger partial charge in [-0.05, 0) is 24.4 Å². The van der Waals surface area contributed by atoms with E-state index < -0.39 is 12.8 Å². The Morgan fingerprint density at radius 1 is 1.40 bits per heavy atom. The molecule has 0 N–H and O–H groups in total. The van der Waals surface area contributed by atoms with Gasteiger partial charge in [-0.2, -0.15) is 0 Å². The Labute approximate surface area is 63.4 Å². The molecule has 0 spiro atoms. The molecule has 2 unspecified atom stereocenters. The SMILES string of the molecule is [2H]C1COc2ccccc2C1[2H]. The van der Waals surface area contributed by atoms with Crippen LogP contribution in [0.15, 0.2) is 24.3 Å². The third-order valence-corrected chi connectivity index (χ3v) is 1.55. The highest BCUT2D eigenvalue weighted by molar-refractivity contribution is 5.34. The van der Waals surface area contributed by atoms with Crippen LogP contribution in [0.3, 0.4) is 0 Å². The van der Waals surface area contributed by atoms with Crippen molar-refractivity contribution in [3.63, 3.8) is 0 Å². The fraction of sp³-hybridized carbons (Fsp3) is 0.333. The third kappa shape index (κ3) is 0.878. The molecule has 1 aliphatic heterocycles. The van der Waals surface area contributed by atoms with Crippen LogP contribution < -0.4 is 4.74 Å². The number of hydrogen-bond donors (Lipinski definition) is 0. The Balaban J connectivity index is 2.42. The molecule has 2 atom stereocenters. The van der Waals surface area contributed by atoms with Crippen LogP contribution in [0.5, 0.6) is 5.75 Å². The molecule has 1 aliphatic rings. The maximum absolute atomic E-state index is 7.69. The van der Waals surface area contributed by atoms with Gasteiger partial charge < -0.3 is 4.74 Å². The van der Waals surface area contributed by atoms with Crippen molar-refractivity contribution in [3.8, 4) is 5.75 Å². The van der Waals surface area contributed by atoms with Crippen LogP contribution in [0, 0.1) is 0 Å². The number of rotatable bonds is 0. The van der Waals surface area contributed by atoms with E-state index in [2.05, 4.69) is 0 Å². The second-order valence-electron chi connectivity index (χ2n) is 2.25. The van der Waals surface area contributed by atoms with Crippen molar-refractivity contribution in [3.05, 3.63) is 29.8 Å². The van der Waals surface area contributed by atoms with Crippen LogP contribution in [0.1, 0.15) is 14.7 Å². The van der Waals surface area contributed by atoms with Crippen molar-refractivity contribution in [2.75, 3.05) is 6.61 Å². The summed E-state index contributed by atoms with van der Waals surface area (Å²) in [5.41, 5.74) is 0.837. The van der Waals surface area contributed by atoms with Crippen molar-refractivity contribution in [1.82, 2.24) is 0 Å². The summed E-state index contributed by atoms with van der Waals surface area (Å²) < 4.78 is 20.5. The first-order valence-corrected chi connectivity index (χ1v) is 3.35. The van der Waals surface area contributed by atoms with Crippen molar-refractivity contribution in [1.29, 1.82) is 0 Å². The molecule has 1 heterocycles. The fourth-order valence-corrected chi connectivity index (χ4v) is 1.06. The molecular formula is C9H10O. The molecule has 1 nitrogen and oxygen atoms in total. The molecule has 0 radical (unpaired) electrons. The Kier molecular flexibility index (Phi) is 0.936. The fourth-order valence-electron chi connectivity index (χ4n) is 1.06. The zero-order valence-electron chi connectivity index (χ0n) is 7.58. The predicted molar refractivity (Wildman–Crippen MR) is 40.3 cm³/mol. The van der Waals surface area contributed by atoms with Gasteiger partial charge in [-0.3, -0.25) is 0 Å². The van der Waals surface area contributed by atoms with Gasteiger partial charge in [0.05, 0.1) is 6.61 Å². The minimum absolute atomic E-state index is 0.338. The van der Waals surface area contributed by atoms with Crippen molar-refractivity contribution >= 4 is 0 Å². The standard InChI is InChI=1S/C9H10O/c1-2-6-9-8(4-1)5-3-7-10-9/h1-2,4,6H,3,5,7H2/i3D,5D. The number of ether oxygens (including phenoxy) is 1. The highest BCUT2D eigenvalue weighted by atomic mass is 16.5. The lowest BCUT2D eigenvalue weighted by Crippen LogP contribution is -2.07. The molecule has 0 aliphatic carbocycles. The third-order valence-electron chi connectivity index (χ3n) is 1.55. The van der Waals surface area contributed by atoms with Crippen LogP contribution in [0.25, 0.3) is 0 Å². The van der Waals surface area contributed by atoms with E-state index in [0.717, 1.165) is 11.3 Å². The number of hydrogen-bond acceptors (Lipinski definition) is 1. The number of aryl methyl sites for hydroxylation is 1. The smallest absolute Gasteiger partial charge is 0.122 e. The highest BCUT2D eigenvalue weighted by Gasteiger charge is 2.06. The molecule has 0 fully saturated rings. The van der Waals surface area contributed by atoms with E-state index in [4.69, 9.17) is 7.48 Å². The first kappa shape index (κ1) is 4.02. The predicted octanol–water partition coefficient (Wildman–Crippen LogP) is 2.01. The van der Waals surface area contributed by atoms with E-state index in [1.807, 2.05) is 24.3 Å². The Bertz CT molecular complexity index is 288. The molecule has 0 amide bonds. The maximum atomic E-state index is 7.69. The molecule has 1 aromatic rings. The molecule has 52 valence electrons. The number of fused-ring (bicyclic) bond motifs is 1. The average Bonchev–Trinajstić information content (AvgIpc) is 2.12. The largest absolute Gasteiger partial charge is 0.493 e. The summed E-state index contributed by atoms with van der Waals surface area (Å²) in [6.07, 6.45) is -0.894. The van der Waals surface area contributed by atoms with Crippen LogP contribution in [0.4, 0.5) is 0 Å². The summed E-state index contributed by atoms with van der Waals surface area (Å²) in [5.74, 6) is 0.765. The van der Waals surface area contributed by atoms with E-state index in [1.165, 1.54) is 0 Å². The van der Waals surface area contributed by atoms with Crippen molar-refractivity contribution < 1.29 is 7.48 Å². The van der Waals surface area contributed by atoms with Gasteiger partial charge >= 0.3 is 0 Å². The van der Waals surface area contributed by atoms with Crippen molar-refractivity contribution in [2.45, 2.75) is 12.8 Å². The van der Waals surface area contributed by atoms with Gasteiger partial charge in [0.1, 0.15) is 5.75 Å². The summed E-state index contributed by atoms with van der Waals surface area (Å²) >= 11 is 0.